The molecule has 0 spiro atoms. The van der Waals surface area contributed by atoms with Crippen molar-refractivity contribution in [3.8, 4) is 0 Å². The average Bonchev–Trinajstić information content (AvgIpc) is 2.32. The van der Waals surface area contributed by atoms with Crippen LogP contribution in [-0.2, 0) is 14.8 Å². The minimum atomic E-state index is -3.67. The first kappa shape index (κ1) is 17.5. The summed E-state index contributed by atoms with van der Waals surface area (Å²) in [5.41, 5.74) is 0. The molecule has 0 aromatic heterocycles. The summed E-state index contributed by atoms with van der Waals surface area (Å²) in [6.45, 7) is 1.76. The molecule has 0 heterocycles. The lowest BCUT2D eigenvalue weighted by Crippen LogP contribution is -2.28. The number of ether oxygens (including phenoxy) is 1. The molecule has 1 aromatic carbocycles. The molecule has 0 bridgehead atoms. The van der Waals surface area contributed by atoms with Gasteiger partial charge in [-0.1, -0.05) is 0 Å². The van der Waals surface area contributed by atoms with Gasteiger partial charge in [-0.05, 0) is 48.2 Å². The van der Waals surface area contributed by atoms with Gasteiger partial charge in [-0.2, -0.15) is 0 Å². The lowest BCUT2D eigenvalue weighted by atomic mass is 10.3. The Hall–Kier alpha value is -0.540. The van der Waals surface area contributed by atoms with E-state index in [1.165, 1.54) is 6.07 Å². The zero-order chi connectivity index (χ0) is 15.2. The average molecular weight is 369 g/mol. The maximum absolute atomic E-state index is 12.9. The number of likely N-dealkylation sites (N-methyl/N-ethyl adjacent to an activating group) is 1. The van der Waals surface area contributed by atoms with E-state index in [1.54, 1.807) is 0 Å². The smallest absolute Gasteiger partial charge is 0.241 e. The van der Waals surface area contributed by atoms with E-state index in [2.05, 4.69) is 20.7 Å². The maximum Gasteiger partial charge on any atom is 0.241 e. The predicted octanol–water partition coefficient (Wildman–Crippen LogP) is 1.44. The molecule has 0 aliphatic carbocycles. The second kappa shape index (κ2) is 8.04. The minimum Gasteiger partial charge on any atom is -0.379 e. The zero-order valence-electron chi connectivity index (χ0n) is 11.4. The van der Waals surface area contributed by atoms with Crippen molar-refractivity contribution in [1.29, 1.82) is 0 Å². The molecule has 0 saturated carbocycles. The highest BCUT2D eigenvalue weighted by Crippen LogP contribution is 2.22. The summed E-state index contributed by atoms with van der Waals surface area (Å²) >= 11 is 3.04. The van der Waals surface area contributed by atoms with Crippen LogP contribution in [0, 0.1) is 5.82 Å². The minimum absolute atomic E-state index is 0.00666. The maximum atomic E-state index is 12.9. The van der Waals surface area contributed by atoms with Crippen molar-refractivity contribution in [3.05, 3.63) is 28.5 Å². The van der Waals surface area contributed by atoms with Gasteiger partial charge < -0.3 is 9.64 Å². The quantitative estimate of drug-likeness (QED) is 0.705. The van der Waals surface area contributed by atoms with Gasteiger partial charge in [0.05, 0.1) is 18.1 Å². The van der Waals surface area contributed by atoms with Crippen molar-refractivity contribution in [1.82, 2.24) is 9.62 Å². The highest BCUT2D eigenvalue weighted by molar-refractivity contribution is 9.10. The molecule has 5 nitrogen and oxygen atoms in total. The Bertz CT molecular complexity index is 538. The van der Waals surface area contributed by atoms with Crippen LogP contribution in [0.25, 0.3) is 0 Å². The molecule has 0 unspecified atom stereocenters. The van der Waals surface area contributed by atoms with Crippen LogP contribution < -0.4 is 4.72 Å². The first-order chi connectivity index (χ1) is 9.33. The van der Waals surface area contributed by atoms with Gasteiger partial charge in [-0.15, -0.1) is 0 Å². The monoisotopic (exact) mass is 368 g/mol. The summed E-state index contributed by atoms with van der Waals surface area (Å²) in [7, 11) is 0.192. The first-order valence-corrected chi connectivity index (χ1v) is 8.28. The molecule has 0 aliphatic rings. The summed E-state index contributed by atoms with van der Waals surface area (Å²) in [5, 5.41) is 0. The summed E-state index contributed by atoms with van der Waals surface area (Å²) in [6.07, 6.45) is 0. The standard InChI is InChI=1S/C12H18BrFN2O3S/c1-16(2)6-8-19-7-5-15-20(17,18)12-4-3-10(14)9-11(12)13/h3-4,9,15H,5-8H2,1-2H3. The summed E-state index contributed by atoms with van der Waals surface area (Å²) < 4.78 is 44.8. The van der Waals surface area contributed by atoms with E-state index < -0.39 is 15.8 Å². The third-order valence-electron chi connectivity index (χ3n) is 2.40. The molecule has 0 atom stereocenters. The van der Waals surface area contributed by atoms with E-state index in [4.69, 9.17) is 4.74 Å². The van der Waals surface area contributed by atoms with Crippen LogP contribution in [0.2, 0.25) is 0 Å². The highest BCUT2D eigenvalue weighted by atomic mass is 79.9. The Balaban J connectivity index is 2.46. The second-order valence-electron chi connectivity index (χ2n) is 4.39. The Morgan fingerprint density at radius 1 is 1.35 bits per heavy atom. The van der Waals surface area contributed by atoms with Crippen molar-refractivity contribution in [3.63, 3.8) is 0 Å². The molecule has 0 fully saturated rings. The van der Waals surface area contributed by atoms with Crippen LogP contribution in [0.4, 0.5) is 4.39 Å². The van der Waals surface area contributed by atoms with Gasteiger partial charge in [0, 0.05) is 17.6 Å². The van der Waals surface area contributed by atoms with E-state index >= 15 is 0 Å². The third kappa shape index (κ3) is 5.84. The normalized spacial score (nSPS) is 12.1. The molecule has 20 heavy (non-hydrogen) atoms. The van der Waals surface area contributed by atoms with Crippen LogP contribution >= 0.6 is 15.9 Å². The fourth-order valence-electron chi connectivity index (χ4n) is 1.37. The Labute approximate surface area is 127 Å². The molecule has 0 aliphatic heterocycles. The summed E-state index contributed by atoms with van der Waals surface area (Å²) in [6, 6.07) is 3.43. The molecule has 0 saturated heterocycles. The molecular formula is C12H18BrFN2O3S. The Kier molecular flexibility index (Phi) is 7.04. The lowest BCUT2D eigenvalue weighted by Gasteiger charge is -2.11. The van der Waals surface area contributed by atoms with Crippen molar-refractivity contribution in [2.24, 2.45) is 0 Å². The number of hydrogen-bond acceptors (Lipinski definition) is 4. The molecule has 0 amide bonds. The number of sulfonamides is 1. The number of hydrogen-bond donors (Lipinski definition) is 1. The second-order valence-corrected chi connectivity index (χ2v) is 6.98. The van der Waals surface area contributed by atoms with Gasteiger partial charge >= 0.3 is 0 Å². The SMILES string of the molecule is CN(C)CCOCCNS(=O)(=O)c1ccc(F)cc1Br. The van der Waals surface area contributed by atoms with Gasteiger partial charge in [0.2, 0.25) is 10.0 Å². The van der Waals surface area contributed by atoms with Gasteiger partial charge in [-0.3, -0.25) is 0 Å². The van der Waals surface area contributed by atoms with Crippen molar-refractivity contribution < 1.29 is 17.5 Å². The van der Waals surface area contributed by atoms with Crippen molar-refractivity contribution in [2.75, 3.05) is 40.4 Å². The van der Waals surface area contributed by atoms with Crippen LogP contribution in [0.3, 0.4) is 0 Å². The number of rotatable bonds is 8. The number of halogens is 2. The molecule has 8 heteroatoms. The van der Waals surface area contributed by atoms with Crippen LogP contribution in [0.15, 0.2) is 27.6 Å². The van der Waals surface area contributed by atoms with Crippen LogP contribution in [-0.4, -0.2) is 53.7 Å². The van der Waals surface area contributed by atoms with Gasteiger partial charge in [0.25, 0.3) is 0 Å². The summed E-state index contributed by atoms with van der Waals surface area (Å²) in [4.78, 5) is 1.98. The molecule has 114 valence electrons. The number of nitrogens with zero attached hydrogens (tertiary/aromatic N) is 1. The van der Waals surface area contributed by atoms with E-state index in [9.17, 15) is 12.8 Å². The van der Waals surface area contributed by atoms with E-state index in [0.29, 0.717) is 6.61 Å². The zero-order valence-corrected chi connectivity index (χ0v) is 13.8. The Morgan fingerprint density at radius 3 is 2.65 bits per heavy atom. The van der Waals surface area contributed by atoms with E-state index in [0.717, 1.165) is 18.7 Å². The van der Waals surface area contributed by atoms with Gasteiger partial charge in [0.1, 0.15) is 5.82 Å². The summed E-state index contributed by atoms with van der Waals surface area (Å²) in [5.74, 6) is -0.497. The fraction of sp³-hybridized carbons (Fsp3) is 0.500. The van der Waals surface area contributed by atoms with Crippen molar-refractivity contribution in [2.45, 2.75) is 4.90 Å². The van der Waals surface area contributed by atoms with E-state index in [1.807, 2.05) is 19.0 Å². The fourth-order valence-corrected chi connectivity index (χ4v) is 3.43. The van der Waals surface area contributed by atoms with Gasteiger partial charge in [-0.25, -0.2) is 17.5 Å². The third-order valence-corrected chi connectivity index (χ3v) is 4.84. The number of nitrogens with one attached hydrogen (secondary N) is 1. The number of benzene rings is 1. The van der Waals surface area contributed by atoms with E-state index in [-0.39, 0.29) is 22.5 Å². The predicted molar refractivity (Wildman–Crippen MR) is 78.7 cm³/mol. The topological polar surface area (TPSA) is 58.6 Å². The lowest BCUT2D eigenvalue weighted by molar-refractivity contribution is 0.122. The largest absolute Gasteiger partial charge is 0.379 e. The molecule has 1 rings (SSSR count). The highest BCUT2D eigenvalue weighted by Gasteiger charge is 2.17. The van der Waals surface area contributed by atoms with Crippen LogP contribution in [0.5, 0.6) is 0 Å². The molecule has 0 radical (unpaired) electrons. The molecule has 1 aromatic rings. The van der Waals surface area contributed by atoms with Crippen LogP contribution in [0.1, 0.15) is 0 Å². The first-order valence-electron chi connectivity index (χ1n) is 6.00. The van der Waals surface area contributed by atoms with Gasteiger partial charge in [0.15, 0.2) is 0 Å². The molecule has 1 N–H and O–H groups in total. The molecular weight excluding hydrogens is 351 g/mol. The van der Waals surface area contributed by atoms with Crippen molar-refractivity contribution >= 4 is 26.0 Å². The Morgan fingerprint density at radius 2 is 2.05 bits per heavy atom.